The van der Waals surface area contributed by atoms with E-state index in [-0.39, 0.29) is 24.5 Å². The number of carbonyl (C=O) groups excluding carboxylic acids is 1. The molecule has 0 bridgehead atoms. The van der Waals surface area contributed by atoms with Crippen LogP contribution in [0.4, 0.5) is 0 Å². The molecule has 1 amide bonds. The van der Waals surface area contributed by atoms with Crippen molar-refractivity contribution in [3.63, 3.8) is 0 Å². The van der Waals surface area contributed by atoms with E-state index in [1.54, 1.807) is 13.0 Å². The molecule has 1 aromatic rings. The van der Waals surface area contributed by atoms with Crippen LogP contribution in [0.1, 0.15) is 24.0 Å². The summed E-state index contributed by atoms with van der Waals surface area (Å²) in [6, 6.07) is 4.57. The van der Waals surface area contributed by atoms with Crippen LogP contribution in [0.25, 0.3) is 0 Å². The van der Waals surface area contributed by atoms with Crippen LogP contribution < -0.4 is 10.5 Å². The Hall–Kier alpha value is -1.88. The lowest BCUT2D eigenvalue weighted by atomic mass is 10.1. The van der Waals surface area contributed by atoms with Crippen LogP contribution in [0, 0.1) is 18.8 Å². The van der Waals surface area contributed by atoms with Gasteiger partial charge in [-0.25, -0.2) is 13.1 Å². The van der Waals surface area contributed by atoms with Crippen molar-refractivity contribution in [3.8, 4) is 11.8 Å². The van der Waals surface area contributed by atoms with E-state index < -0.39 is 15.9 Å². The maximum Gasteiger partial charge on any atom is 0.240 e. The molecule has 0 saturated heterocycles. The Balaban J connectivity index is 2.87. The molecule has 1 rings (SSSR count). The number of hydrogen-bond donors (Lipinski definition) is 3. The molecular formula is C14H18N2O4S. The van der Waals surface area contributed by atoms with Gasteiger partial charge in [0.1, 0.15) is 0 Å². The van der Waals surface area contributed by atoms with Gasteiger partial charge in [-0.15, -0.1) is 0 Å². The highest BCUT2D eigenvalue weighted by Crippen LogP contribution is 2.14. The van der Waals surface area contributed by atoms with E-state index in [1.165, 1.54) is 12.1 Å². The molecule has 0 unspecified atom stereocenters. The van der Waals surface area contributed by atoms with E-state index in [2.05, 4.69) is 16.6 Å². The predicted octanol–water partition coefficient (Wildman–Crippen LogP) is -0.117. The number of nitrogens with two attached hydrogens (primary N) is 1. The van der Waals surface area contributed by atoms with Crippen molar-refractivity contribution in [2.45, 2.75) is 24.7 Å². The lowest BCUT2D eigenvalue weighted by Gasteiger charge is -2.07. The summed E-state index contributed by atoms with van der Waals surface area (Å²) in [6.07, 6.45) is 0.317. The van der Waals surface area contributed by atoms with E-state index in [4.69, 9.17) is 10.8 Å². The summed E-state index contributed by atoms with van der Waals surface area (Å²) >= 11 is 0. The lowest BCUT2D eigenvalue weighted by Crippen LogP contribution is -2.28. The molecule has 0 aliphatic rings. The average Bonchev–Trinajstić information content (AvgIpc) is 2.40. The lowest BCUT2D eigenvalue weighted by molar-refractivity contribution is -0.117. The van der Waals surface area contributed by atoms with E-state index in [1.807, 2.05) is 0 Å². The number of carbonyl (C=O) groups is 1. The fourth-order valence-corrected chi connectivity index (χ4v) is 2.67. The molecule has 0 atom stereocenters. The summed E-state index contributed by atoms with van der Waals surface area (Å²) < 4.78 is 26.3. The molecule has 0 heterocycles. The Morgan fingerprint density at radius 3 is 2.71 bits per heavy atom. The normalized spacial score (nSPS) is 10.8. The van der Waals surface area contributed by atoms with Crippen molar-refractivity contribution in [1.82, 2.24) is 4.72 Å². The van der Waals surface area contributed by atoms with Gasteiger partial charge in [-0.3, -0.25) is 4.79 Å². The van der Waals surface area contributed by atoms with Gasteiger partial charge < -0.3 is 10.8 Å². The Labute approximate surface area is 124 Å². The maximum absolute atomic E-state index is 12.0. The van der Waals surface area contributed by atoms with Gasteiger partial charge in [0.05, 0.1) is 11.5 Å². The van der Waals surface area contributed by atoms with Crippen LogP contribution in [0.2, 0.25) is 0 Å². The molecule has 0 fully saturated rings. The first-order valence-electron chi connectivity index (χ1n) is 6.35. The summed E-state index contributed by atoms with van der Waals surface area (Å²) in [5, 5.41) is 8.66. The molecule has 4 N–H and O–H groups in total. The number of aliphatic hydroxyl groups is 1. The minimum absolute atomic E-state index is 0.0116. The van der Waals surface area contributed by atoms with Crippen LogP contribution in [-0.4, -0.2) is 32.6 Å². The van der Waals surface area contributed by atoms with Crippen LogP contribution in [-0.2, 0) is 14.8 Å². The first-order chi connectivity index (χ1) is 9.86. The second-order valence-corrected chi connectivity index (χ2v) is 6.13. The zero-order chi connectivity index (χ0) is 15.9. The quantitative estimate of drug-likeness (QED) is 0.636. The van der Waals surface area contributed by atoms with Crippen LogP contribution in [0.15, 0.2) is 23.1 Å². The van der Waals surface area contributed by atoms with Gasteiger partial charge in [0, 0.05) is 24.9 Å². The molecular weight excluding hydrogens is 292 g/mol. The van der Waals surface area contributed by atoms with Crippen molar-refractivity contribution in [3.05, 3.63) is 29.3 Å². The highest BCUT2D eigenvalue weighted by molar-refractivity contribution is 7.89. The van der Waals surface area contributed by atoms with Gasteiger partial charge in [-0.05, 0) is 30.7 Å². The first kappa shape index (κ1) is 17.2. The zero-order valence-electron chi connectivity index (χ0n) is 11.7. The summed E-state index contributed by atoms with van der Waals surface area (Å²) in [4.78, 5) is 10.7. The smallest absolute Gasteiger partial charge is 0.240 e. The van der Waals surface area contributed by atoms with Crippen molar-refractivity contribution < 1.29 is 18.3 Å². The highest BCUT2D eigenvalue weighted by Gasteiger charge is 2.14. The minimum Gasteiger partial charge on any atom is -0.395 e. The predicted molar refractivity (Wildman–Crippen MR) is 78.8 cm³/mol. The van der Waals surface area contributed by atoms with Crippen molar-refractivity contribution in [2.24, 2.45) is 5.73 Å². The first-order valence-corrected chi connectivity index (χ1v) is 7.83. The summed E-state index contributed by atoms with van der Waals surface area (Å²) in [7, 11) is -3.67. The van der Waals surface area contributed by atoms with E-state index >= 15 is 0 Å². The number of primary amides is 1. The molecule has 114 valence electrons. The Morgan fingerprint density at radius 2 is 2.14 bits per heavy atom. The van der Waals surface area contributed by atoms with E-state index in [0.29, 0.717) is 12.0 Å². The zero-order valence-corrected chi connectivity index (χ0v) is 12.5. The molecule has 0 aliphatic carbocycles. The fraction of sp³-hybridized carbons (Fsp3) is 0.357. The number of sulfonamides is 1. The molecule has 0 spiro atoms. The molecule has 21 heavy (non-hydrogen) atoms. The third-order valence-electron chi connectivity index (χ3n) is 2.63. The molecule has 6 nitrogen and oxygen atoms in total. The minimum atomic E-state index is -3.67. The van der Waals surface area contributed by atoms with Gasteiger partial charge in [-0.1, -0.05) is 11.8 Å². The average molecular weight is 310 g/mol. The van der Waals surface area contributed by atoms with Gasteiger partial charge in [0.2, 0.25) is 15.9 Å². The summed E-state index contributed by atoms with van der Waals surface area (Å²) in [5.74, 6) is 5.08. The van der Waals surface area contributed by atoms with Crippen LogP contribution >= 0.6 is 0 Å². The maximum atomic E-state index is 12.0. The topological polar surface area (TPSA) is 109 Å². The number of nitrogens with one attached hydrogen (secondary N) is 1. The van der Waals surface area contributed by atoms with Gasteiger partial charge in [0.25, 0.3) is 0 Å². The number of benzene rings is 1. The second-order valence-electron chi connectivity index (χ2n) is 4.37. The summed E-state index contributed by atoms with van der Waals surface area (Å²) in [6.45, 7) is 1.71. The molecule has 1 aromatic carbocycles. The second kappa shape index (κ2) is 7.78. The van der Waals surface area contributed by atoms with Crippen LogP contribution in [0.3, 0.4) is 0 Å². The Morgan fingerprint density at radius 1 is 1.43 bits per heavy atom. The molecule has 0 radical (unpaired) electrons. The summed E-state index contributed by atoms with van der Waals surface area (Å²) in [5.41, 5.74) is 6.38. The third-order valence-corrected chi connectivity index (χ3v) is 4.09. The number of amides is 1. The molecule has 0 aliphatic heterocycles. The van der Waals surface area contributed by atoms with E-state index in [0.717, 1.165) is 5.56 Å². The number of aryl methyl sites for hydroxylation is 1. The van der Waals surface area contributed by atoms with Crippen molar-refractivity contribution in [2.75, 3.05) is 13.2 Å². The monoisotopic (exact) mass is 310 g/mol. The number of hydrogen-bond acceptors (Lipinski definition) is 4. The molecule has 0 saturated carbocycles. The number of rotatable bonds is 6. The SMILES string of the molecule is Cc1cc(S(=O)(=O)NCCC(N)=O)ccc1C#CCCO. The van der Waals surface area contributed by atoms with Gasteiger partial charge in [-0.2, -0.15) is 0 Å². The third kappa shape index (κ3) is 5.55. The van der Waals surface area contributed by atoms with Crippen LogP contribution in [0.5, 0.6) is 0 Å². The number of aliphatic hydroxyl groups excluding tert-OH is 1. The standard InChI is InChI=1S/C14H18N2O4S/c1-11-10-13(6-5-12(11)4-2-3-9-17)21(19,20)16-8-7-14(15)18/h5-6,10,16-17H,3,7-9H2,1H3,(H2,15,18). The van der Waals surface area contributed by atoms with Gasteiger partial charge in [0.15, 0.2) is 0 Å². The fourth-order valence-electron chi connectivity index (χ4n) is 1.55. The Bertz CT molecular complexity index is 672. The Kier molecular flexibility index (Phi) is 6.37. The van der Waals surface area contributed by atoms with Crippen molar-refractivity contribution in [1.29, 1.82) is 0 Å². The van der Waals surface area contributed by atoms with E-state index in [9.17, 15) is 13.2 Å². The highest BCUT2D eigenvalue weighted by atomic mass is 32.2. The molecule has 0 aromatic heterocycles. The molecule has 7 heteroatoms. The largest absolute Gasteiger partial charge is 0.395 e. The van der Waals surface area contributed by atoms with Crippen molar-refractivity contribution >= 4 is 15.9 Å². The van der Waals surface area contributed by atoms with Gasteiger partial charge >= 0.3 is 0 Å².